The average molecular weight is 228 g/mol. The summed E-state index contributed by atoms with van der Waals surface area (Å²) in [6.07, 6.45) is 1.58. The van der Waals surface area contributed by atoms with Gasteiger partial charge in [0.05, 0.1) is 24.6 Å². The van der Waals surface area contributed by atoms with Gasteiger partial charge in [0.15, 0.2) is 6.29 Å². The third-order valence-corrected chi connectivity index (χ3v) is 2.97. The highest BCUT2D eigenvalue weighted by Gasteiger charge is 2.21. The van der Waals surface area contributed by atoms with Gasteiger partial charge in [-0.05, 0) is 12.1 Å². The number of carbonyl (C=O) groups excluding carboxylic acids is 1. The highest BCUT2D eigenvalue weighted by molar-refractivity contribution is 5.75. The van der Waals surface area contributed by atoms with Crippen LogP contribution in [-0.4, -0.2) is 22.7 Å². The molecule has 0 unspecified atom stereocenters. The van der Waals surface area contributed by atoms with Crippen molar-refractivity contribution in [2.45, 2.75) is 13.0 Å². The Morgan fingerprint density at radius 1 is 1.29 bits per heavy atom. The molecule has 2 aromatic rings. The van der Waals surface area contributed by atoms with Gasteiger partial charge in [0.2, 0.25) is 0 Å². The van der Waals surface area contributed by atoms with Gasteiger partial charge in [0, 0.05) is 12.0 Å². The van der Waals surface area contributed by atoms with E-state index in [0.717, 1.165) is 29.7 Å². The van der Waals surface area contributed by atoms with E-state index in [2.05, 4.69) is 5.10 Å². The van der Waals surface area contributed by atoms with Gasteiger partial charge in [-0.1, -0.05) is 18.2 Å². The molecule has 1 aromatic carbocycles. The Hall–Kier alpha value is -1.94. The number of carbonyl (C=O) groups is 1. The lowest BCUT2D eigenvalue weighted by Crippen LogP contribution is -2.12. The van der Waals surface area contributed by atoms with Crippen LogP contribution in [0.1, 0.15) is 21.7 Å². The summed E-state index contributed by atoms with van der Waals surface area (Å²) in [4.78, 5) is 11.0. The number of hydrogen-bond donors (Lipinski definition) is 0. The van der Waals surface area contributed by atoms with Crippen molar-refractivity contribution < 1.29 is 9.53 Å². The molecule has 0 aliphatic carbocycles. The van der Waals surface area contributed by atoms with Crippen LogP contribution in [0.5, 0.6) is 0 Å². The molecule has 0 spiro atoms. The van der Waals surface area contributed by atoms with E-state index in [1.165, 1.54) is 0 Å². The Labute approximate surface area is 98.8 Å². The zero-order valence-corrected chi connectivity index (χ0v) is 9.30. The van der Waals surface area contributed by atoms with Gasteiger partial charge < -0.3 is 4.74 Å². The summed E-state index contributed by atoms with van der Waals surface area (Å²) >= 11 is 0. The minimum absolute atomic E-state index is 0.519. The summed E-state index contributed by atoms with van der Waals surface area (Å²) < 4.78 is 7.24. The monoisotopic (exact) mass is 228 g/mol. The Morgan fingerprint density at radius 2 is 2.12 bits per heavy atom. The maximum absolute atomic E-state index is 11.0. The number of ether oxygens (including phenoxy) is 1. The van der Waals surface area contributed by atoms with Crippen molar-refractivity contribution in [1.29, 1.82) is 0 Å². The van der Waals surface area contributed by atoms with Crippen LogP contribution in [0.2, 0.25) is 0 Å². The van der Waals surface area contributed by atoms with Crippen LogP contribution in [0.15, 0.2) is 30.3 Å². The Bertz CT molecular complexity index is 546. The molecule has 2 heterocycles. The van der Waals surface area contributed by atoms with Crippen LogP contribution in [0.3, 0.4) is 0 Å². The molecule has 86 valence electrons. The van der Waals surface area contributed by atoms with Crippen LogP contribution in [0.25, 0.3) is 5.69 Å². The number of benzene rings is 1. The van der Waals surface area contributed by atoms with Crippen molar-refractivity contribution in [3.63, 3.8) is 0 Å². The van der Waals surface area contributed by atoms with E-state index < -0.39 is 0 Å². The second-order valence-corrected chi connectivity index (χ2v) is 3.98. The van der Waals surface area contributed by atoms with Gasteiger partial charge in [0.25, 0.3) is 0 Å². The largest absolute Gasteiger partial charge is 0.375 e. The Balaban J connectivity index is 2.17. The SMILES string of the molecule is O=Cc1nn(-c2ccccc2)c2c1CCOC2. The summed E-state index contributed by atoms with van der Waals surface area (Å²) in [5.74, 6) is 0. The molecule has 1 aromatic heterocycles. The smallest absolute Gasteiger partial charge is 0.170 e. The van der Waals surface area contributed by atoms with E-state index >= 15 is 0 Å². The molecule has 4 nitrogen and oxygen atoms in total. The predicted molar refractivity (Wildman–Crippen MR) is 62.3 cm³/mol. The van der Waals surface area contributed by atoms with Crippen molar-refractivity contribution >= 4 is 6.29 Å². The molecule has 0 bridgehead atoms. The number of para-hydroxylation sites is 1. The van der Waals surface area contributed by atoms with Crippen LogP contribution >= 0.6 is 0 Å². The maximum atomic E-state index is 11.0. The molecular formula is C13H12N2O2. The first-order valence-corrected chi connectivity index (χ1v) is 5.59. The van der Waals surface area contributed by atoms with Gasteiger partial charge >= 0.3 is 0 Å². The van der Waals surface area contributed by atoms with Crippen molar-refractivity contribution in [3.8, 4) is 5.69 Å². The predicted octanol–water partition coefficient (Wildman–Crippen LogP) is 1.76. The molecule has 3 rings (SSSR count). The zero-order valence-electron chi connectivity index (χ0n) is 9.30. The minimum atomic E-state index is 0.519. The number of aromatic nitrogens is 2. The maximum Gasteiger partial charge on any atom is 0.170 e. The van der Waals surface area contributed by atoms with Crippen molar-refractivity contribution in [3.05, 3.63) is 47.3 Å². The van der Waals surface area contributed by atoms with Crippen LogP contribution in [0, 0.1) is 0 Å². The second-order valence-electron chi connectivity index (χ2n) is 3.98. The summed E-state index contributed by atoms with van der Waals surface area (Å²) in [5.41, 5.74) is 3.51. The fraction of sp³-hybridized carbons (Fsp3) is 0.231. The van der Waals surface area contributed by atoms with Gasteiger partial charge in [0.1, 0.15) is 5.69 Å². The summed E-state index contributed by atoms with van der Waals surface area (Å²) in [6, 6.07) is 9.80. The number of rotatable bonds is 2. The van der Waals surface area contributed by atoms with E-state index in [1.54, 1.807) is 4.68 Å². The Morgan fingerprint density at radius 3 is 2.88 bits per heavy atom. The van der Waals surface area contributed by atoms with E-state index in [9.17, 15) is 4.79 Å². The molecule has 1 aliphatic rings. The standard InChI is InChI=1S/C13H12N2O2/c16-8-12-11-6-7-17-9-13(11)15(14-12)10-4-2-1-3-5-10/h1-5,8H,6-7,9H2. The molecule has 0 saturated carbocycles. The minimum Gasteiger partial charge on any atom is -0.375 e. The van der Waals surface area contributed by atoms with Crippen molar-refractivity contribution in [2.24, 2.45) is 0 Å². The normalized spacial score (nSPS) is 14.4. The first-order valence-electron chi connectivity index (χ1n) is 5.59. The number of aldehydes is 1. The summed E-state index contributed by atoms with van der Waals surface area (Å²) in [7, 11) is 0. The number of fused-ring (bicyclic) bond motifs is 1. The second kappa shape index (κ2) is 4.14. The lowest BCUT2D eigenvalue weighted by Gasteiger charge is -2.14. The molecular weight excluding hydrogens is 216 g/mol. The molecule has 0 N–H and O–H groups in total. The van der Waals surface area contributed by atoms with E-state index in [1.807, 2.05) is 30.3 Å². The van der Waals surface area contributed by atoms with Gasteiger partial charge in [-0.15, -0.1) is 0 Å². The lowest BCUT2D eigenvalue weighted by atomic mass is 10.1. The third kappa shape index (κ3) is 1.66. The number of hydrogen-bond acceptors (Lipinski definition) is 3. The summed E-state index contributed by atoms with van der Waals surface area (Å²) in [5, 5.41) is 4.35. The fourth-order valence-corrected chi connectivity index (χ4v) is 2.15. The zero-order chi connectivity index (χ0) is 11.7. The fourth-order valence-electron chi connectivity index (χ4n) is 2.15. The van der Waals surface area contributed by atoms with Gasteiger partial charge in [-0.3, -0.25) is 4.79 Å². The molecule has 0 atom stereocenters. The quantitative estimate of drug-likeness (QED) is 0.736. The van der Waals surface area contributed by atoms with Gasteiger partial charge in [-0.25, -0.2) is 4.68 Å². The first-order chi connectivity index (χ1) is 8.40. The highest BCUT2D eigenvalue weighted by atomic mass is 16.5. The van der Waals surface area contributed by atoms with E-state index in [4.69, 9.17) is 4.74 Å². The molecule has 0 radical (unpaired) electrons. The molecule has 0 saturated heterocycles. The van der Waals surface area contributed by atoms with Crippen molar-refractivity contribution in [2.75, 3.05) is 6.61 Å². The number of nitrogens with zero attached hydrogens (tertiary/aromatic N) is 2. The first kappa shape index (κ1) is 10.2. The van der Waals surface area contributed by atoms with E-state index in [0.29, 0.717) is 18.9 Å². The van der Waals surface area contributed by atoms with Crippen molar-refractivity contribution in [1.82, 2.24) is 9.78 Å². The van der Waals surface area contributed by atoms with Gasteiger partial charge in [-0.2, -0.15) is 5.10 Å². The van der Waals surface area contributed by atoms with Crippen LogP contribution in [0.4, 0.5) is 0 Å². The topological polar surface area (TPSA) is 44.1 Å². The lowest BCUT2D eigenvalue weighted by molar-refractivity contribution is 0.105. The molecule has 0 fully saturated rings. The molecule has 1 aliphatic heterocycles. The molecule has 0 amide bonds. The summed E-state index contributed by atoms with van der Waals surface area (Å²) in [6.45, 7) is 1.18. The molecule has 4 heteroatoms. The highest BCUT2D eigenvalue weighted by Crippen LogP contribution is 2.22. The van der Waals surface area contributed by atoms with E-state index in [-0.39, 0.29) is 0 Å². The van der Waals surface area contributed by atoms with Crippen LogP contribution in [-0.2, 0) is 17.8 Å². The van der Waals surface area contributed by atoms with Crippen LogP contribution < -0.4 is 0 Å². The average Bonchev–Trinajstić information content (AvgIpc) is 2.78. The molecule has 17 heavy (non-hydrogen) atoms. The Kier molecular flexibility index (Phi) is 2.49. The third-order valence-electron chi connectivity index (χ3n) is 2.97.